The van der Waals surface area contributed by atoms with Crippen LogP contribution in [0, 0.1) is 41.5 Å². The molecule has 0 atom stereocenters. The maximum atomic E-state index is 12.6. The van der Waals surface area contributed by atoms with Crippen LogP contribution in [0.4, 0.5) is 0 Å². The molecule has 4 aromatic rings. The Morgan fingerprint density at radius 3 is 1.53 bits per heavy atom. The predicted octanol–water partition coefficient (Wildman–Crippen LogP) is 7.26. The number of aromatic amines is 2. The van der Waals surface area contributed by atoms with Crippen LogP contribution in [0.1, 0.15) is 93.2 Å². The number of nitrogens with one attached hydrogen (secondary N) is 3. The van der Waals surface area contributed by atoms with E-state index in [4.69, 9.17) is 43.5 Å². The van der Waals surface area contributed by atoms with Crippen molar-refractivity contribution in [1.29, 1.82) is 0 Å². The number of benzene rings is 2. The number of carboxylic acid groups (broad SMARTS) is 1. The highest BCUT2D eigenvalue weighted by Gasteiger charge is 2.17. The number of rotatable bonds is 9. The van der Waals surface area contributed by atoms with Crippen LogP contribution in [-0.4, -0.2) is 39.2 Å². The highest BCUT2D eigenvalue weighted by molar-refractivity contribution is 6.31. The first kappa shape index (κ1) is 42.6. The van der Waals surface area contributed by atoms with Crippen LogP contribution >= 0.6 is 23.2 Å². The van der Waals surface area contributed by atoms with Crippen LogP contribution in [0.15, 0.2) is 46.0 Å². The second-order valence-electron chi connectivity index (χ2n) is 12.6. The van der Waals surface area contributed by atoms with Crippen LogP contribution < -0.4 is 31.6 Å². The topological polar surface area (TPSA) is 177 Å². The molecule has 0 saturated carbocycles. The summed E-state index contributed by atoms with van der Waals surface area (Å²) in [6, 6.07) is 10.1. The van der Waals surface area contributed by atoms with Crippen molar-refractivity contribution < 1.29 is 24.2 Å². The number of aromatic carboxylic acids is 1. The van der Waals surface area contributed by atoms with Crippen molar-refractivity contribution in [1.82, 2.24) is 15.3 Å². The van der Waals surface area contributed by atoms with E-state index in [2.05, 4.69) is 15.3 Å². The Kier molecular flexibility index (Phi) is 16.0. The van der Waals surface area contributed by atoms with Gasteiger partial charge in [-0.15, -0.1) is 0 Å². The maximum absolute atomic E-state index is 12.6. The molecule has 4 rings (SSSR count). The van der Waals surface area contributed by atoms with E-state index in [0.29, 0.717) is 55.9 Å². The van der Waals surface area contributed by atoms with E-state index in [9.17, 15) is 19.2 Å². The number of halogens is 2. The van der Waals surface area contributed by atoms with Crippen LogP contribution in [0.2, 0.25) is 10.0 Å². The van der Waals surface area contributed by atoms with Gasteiger partial charge in [-0.2, -0.15) is 0 Å². The molecule has 2 aromatic carbocycles. The second-order valence-corrected chi connectivity index (χ2v) is 13.4. The third-order valence-electron chi connectivity index (χ3n) is 7.47. The SMILES string of the molecule is Cc1c(OC(C)C)cc(Cl)cc1C(=O)O.Cc1cc(C)c(CN)c(=O)[nH]1.Cc1cc(C)c(CNC(=O)c2cc(Cl)cc(OC(C)C)c2C)c(=O)[nH]1. The molecule has 51 heavy (non-hydrogen) atoms. The lowest BCUT2D eigenvalue weighted by Gasteiger charge is -2.16. The van der Waals surface area contributed by atoms with Crippen LogP contribution in [-0.2, 0) is 13.1 Å². The van der Waals surface area contributed by atoms with Crippen molar-refractivity contribution in [2.45, 2.75) is 94.5 Å². The Bertz CT molecular complexity index is 1980. The van der Waals surface area contributed by atoms with E-state index >= 15 is 0 Å². The van der Waals surface area contributed by atoms with Crippen LogP contribution in [0.3, 0.4) is 0 Å². The molecule has 6 N–H and O–H groups in total. The quantitative estimate of drug-likeness (QED) is 0.119. The molecule has 0 spiro atoms. The molecule has 0 aliphatic carbocycles. The van der Waals surface area contributed by atoms with Crippen molar-refractivity contribution in [3.63, 3.8) is 0 Å². The summed E-state index contributed by atoms with van der Waals surface area (Å²) in [6.07, 6.45) is -0.0364. The Balaban J connectivity index is 0.000000293. The molecule has 0 aliphatic rings. The fourth-order valence-corrected chi connectivity index (χ4v) is 5.44. The Hall–Kier alpha value is -4.58. The van der Waals surface area contributed by atoms with Gasteiger partial charge in [-0.3, -0.25) is 14.4 Å². The lowest BCUT2D eigenvalue weighted by atomic mass is 10.1. The zero-order valence-electron chi connectivity index (χ0n) is 30.8. The molecule has 276 valence electrons. The maximum Gasteiger partial charge on any atom is 0.336 e. The Morgan fingerprint density at radius 2 is 1.14 bits per heavy atom. The number of carboxylic acids is 1. The molecule has 13 heteroatoms. The van der Waals surface area contributed by atoms with Gasteiger partial charge in [0.1, 0.15) is 11.5 Å². The molecule has 2 heterocycles. The standard InChI is InChI=1S/C19H23ClN2O3.C11H13ClO3.C8H12N2O/c1-10(2)25-17-8-14(20)7-15(13(17)5)18(23)21-9-16-11(3)6-12(4)22-19(16)24;1-6(2)15-10-5-8(12)4-9(7(10)3)11(13)14;1-5-3-6(2)10-8(11)7(5)4-9/h6-8,10H,9H2,1-5H3,(H,21,23)(H,22,24);4-6H,1-3H3,(H,13,14);3H,4,9H2,1-2H3,(H,10,11). The van der Waals surface area contributed by atoms with Gasteiger partial charge in [-0.1, -0.05) is 23.2 Å². The van der Waals surface area contributed by atoms with Gasteiger partial charge in [-0.05, 0) is 117 Å². The molecule has 0 unspecified atom stereocenters. The normalized spacial score (nSPS) is 10.6. The van der Waals surface area contributed by atoms with E-state index in [0.717, 1.165) is 22.5 Å². The molecule has 0 aliphatic heterocycles. The largest absolute Gasteiger partial charge is 0.491 e. The number of aromatic nitrogens is 2. The first-order valence-electron chi connectivity index (χ1n) is 16.3. The summed E-state index contributed by atoms with van der Waals surface area (Å²) in [4.78, 5) is 52.1. The number of hydrogen-bond donors (Lipinski definition) is 5. The highest BCUT2D eigenvalue weighted by Crippen LogP contribution is 2.29. The monoisotopic (exact) mass is 742 g/mol. The minimum absolute atomic E-state index is 0.0104. The third kappa shape index (κ3) is 12.6. The minimum atomic E-state index is -0.997. The smallest absolute Gasteiger partial charge is 0.336 e. The third-order valence-corrected chi connectivity index (χ3v) is 7.90. The number of nitrogens with two attached hydrogens (primary N) is 1. The second kappa shape index (κ2) is 19.1. The number of hydrogen-bond acceptors (Lipinski definition) is 7. The summed E-state index contributed by atoms with van der Waals surface area (Å²) in [5, 5.41) is 12.5. The summed E-state index contributed by atoms with van der Waals surface area (Å²) >= 11 is 11.9. The van der Waals surface area contributed by atoms with Gasteiger partial charge in [-0.25, -0.2) is 4.79 Å². The van der Waals surface area contributed by atoms with E-state index in [1.54, 1.807) is 25.1 Å². The van der Waals surface area contributed by atoms with Gasteiger partial charge in [0.05, 0.1) is 17.8 Å². The predicted molar refractivity (Wildman–Crippen MR) is 203 cm³/mol. The van der Waals surface area contributed by atoms with Gasteiger partial charge >= 0.3 is 5.97 Å². The summed E-state index contributed by atoms with van der Waals surface area (Å²) in [5.41, 5.74) is 11.7. The van der Waals surface area contributed by atoms with Crippen molar-refractivity contribution in [3.05, 3.63) is 123 Å². The van der Waals surface area contributed by atoms with Gasteiger partial charge in [0.25, 0.3) is 17.0 Å². The number of aryl methyl sites for hydroxylation is 4. The van der Waals surface area contributed by atoms with Crippen LogP contribution in [0.5, 0.6) is 11.5 Å². The Morgan fingerprint density at radius 1 is 0.725 bits per heavy atom. The summed E-state index contributed by atoms with van der Waals surface area (Å²) < 4.78 is 11.2. The van der Waals surface area contributed by atoms with Gasteiger partial charge in [0.2, 0.25) is 0 Å². The minimum Gasteiger partial charge on any atom is -0.491 e. The fourth-order valence-electron chi connectivity index (χ4n) is 5.02. The van der Waals surface area contributed by atoms with Gasteiger partial charge in [0.15, 0.2) is 0 Å². The summed E-state index contributed by atoms with van der Waals surface area (Å²) in [6.45, 7) is 19.0. The van der Waals surface area contributed by atoms with E-state index < -0.39 is 5.97 Å². The summed E-state index contributed by atoms with van der Waals surface area (Å²) in [7, 11) is 0. The molecule has 11 nitrogen and oxygen atoms in total. The zero-order chi connectivity index (χ0) is 38.7. The number of carbonyl (C=O) groups excluding carboxylic acids is 1. The zero-order valence-corrected chi connectivity index (χ0v) is 32.3. The molecule has 0 saturated heterocycles. The fraction of sp³-hybridized carbons (Fsp3) is 0.368. The van der Waals surface area contributed by atoms with E-state index in [1.807, 2.05) is 74.4 Å². The molecular formula is C38H48Cl2N4O7. The number of ether oxygens (including phenoxy) is 2. The average Bonchev–Trinajstić information content (AvgIpc) is 2.99. The van der Waals surface area contributed by atoms with Crippen molar-refractivity contribution in [2.75, 3.05) is 0 Å². The highest BCUT2D eigenvalue weighted by atomic mass is 35.5. The number of H-pyrrole nitrogens is 2. The summed E-state index contributed by atoms with van der Waals surface area (Å²) in [5.74, 6) is -0.191. The molecule has 1 amide bonds. The first-order valence-corrected chi connectivity index (χ1v) is 17.0. The average molecular weight is 744 g/mol. The number of carbonyl (C=O) groups is 2. The first-order chi connectivity index (χ1) is 23.7. The molecule has 0 radical (unpaired) electrons. The molecule has 0 bridgehead atoms. The van der Waals surface area contributed by atoms with Crippen LogP contribution in [0.25, 0.3) is 0 Å². The molecule has 2 aromatic heterocycles. The number of pyridine rings is 2. The van der Waals surface area contributed by atoms with Gasteiger partial charge in [0, 0.05) is 62.3 Å². The van der Waals surface area contributed by atoms with E-state index in [1.165, 1.54) is 6.07 Å². The molecule has 0 fully saturated rings. The number of amides is 1. The van der Waals surface area contributed by atoms with Crippen molar-refractivity contribution in [2.24, 2.45) is 5.73 Å². The lowest BCUT2D eigenvalue weighted by molar-refractivity contribution is 0.0694. The molecular weight excluding hydrogens is 695 g/mol. The van der Waals surface area contributed by atoms with Crippen molar-refractivity contribution >= 4 is 35.1 Å². The lowest BCUT2D eigenvalue weighted by Crippen LogP contribution is -2.28. The van der Waals surface area contributed by atoms with Gasteiger partial charge < -0.3 is 35.6 Å². The Labute approximate surface area is 308 Å². The van der Waals surface area contributed by atoms with E-state index in [-0.39, 0.29) is 41.3 Å². The van der Waals surface area contributed by atoms with Crippen molar-refractivity contribution in [3.8, 4) is 11.5 Å².